The van der Waals surface area contributed by atoms with Gasteiger partial charge in [-0.05, 0) is 42.4 Å². The Balaban J connectivity index is 1.92. The van der Waals surface area contributed by atoms with E-state index in [1.165, 1.54) is 11.7 Å². The van der Waals surface area contributed by atoms with Crippen LogP contribution in [0, 0.1) is 4.84 Å². The average Bonchev–Trinajstić information content (AvgIpc) is 2.94. The van der Waals surface area contributed by atoms with Crippen LogP contribution in [0.15, 0.2) is 52.9 Å². The molecule has 5 nitrogen and oxygen atoms in total. The molecule has 24 heavy (non-hydrogen) atoms. The van der Waals surface area contributed by atoms with Gasteiger partial charge in [-0.1, -0.05) is 30.3 Å². The number of nitrogens with zero attached hydrogens (tertiary/aromatic N) is 1. The molecule has 0 unspecified atom stereocenters. The molecule has 0 amide bonds. The Morgan fingerprint density at radius 3 is 2.62 bits per heavy atom. The lowest BCUT2D eigenvalue weighted by Gasteiger charge is -2.04. The zero-order valence-corrected chi connectivity index (χ0v) is 13.8. The van der Waals surface area contributed by atoms with Gasteiger partial charge in [-0.15, -0.1) is 0 Å². The summed E-state index contributed by atoms with van der Waals surface area (Å²) in [6.07, 6.45) is 0.889. The average molecular weight is 341 g/mol. The molecule has 0 bridgehead atoms. The van der Waals surface area contributed by atoms with Crippen molar-refractivity contribution in [2.45, 2.75) is 12.8 Å². The number of methoxy groups -OCH3 is 1. The molecule has 0 spiro atoms. The number of esters is 1. The number of hydrogen-bond acceptors (Lipinski definition) is 5. The molecule has 0 atom stereocenters. The maximum atomic E-state index is 12.6. The van der Waals surface area contributed by atoms with Crippen LogP contribution >= 0.6 is 12.2 Å². The fourth-order valence-electron chi connectivity index (χ4n) is 2.51. The highest BCUT2D eigenvalue weighted by atomic mass is 32.1. The molecule has 1 aromatic heterocycles. The predicted octanol–water partition coefficient (Wildman–Crippen LogP) is 4.02. The first-order valence-electron chi connectivity index (χ1n) is 7.41. The molecule has 0 aliphatic rings. The number of rotatable bonds is 4. The number of carbonyl (C=O) groups excluding carboxylic acids is 2. The first-order valence-corrected chi connectivity index (χ1v) is 7.82. The summed E-state index contributed by atoms with van der Waals surface area (Å²) in [5.41, 5.74) is 2.34. The largest absolute Gasteiger partial charge is 0.465 e. The molecule has 1 heterocycles. The van der Waals surface area contributed by atoms with Gasteiger partial charge < -0.3 is 9.15 Å². The summed E-state index contributed by atoms with van der Waals surface area (Å²) in [6, 6.07) is 14.5. The molecule has 0 N–H and O–H groups in total. The van der Waals surface area contributed by atoms with Crippen molar-refractivity contribution in [2.24, 2.45) is 0 Å². The van der Waals surface area contributed by atoms with Gasteiger partial charge in [0.2, 0.25) is 5.91 Å². The van der Waals surface area contributed by atoms with Crippen LogP contribution in [-0.2, 0) is 11.2 Å². The van der Waals surface area contributed by atoms with Crippen molar-refractivity contribution in [3.05, 3.63) is 64.5 Å². The number of aromatic nitrogens is 1. The Morgan fingerprint density at radius 2 is 1.92 bits per heavy atom. The molecule has 0 fully saturated rings. The minimum Gasteiger partial charge on any atom is -0.465 e. The Bertz CT molecular complexity index is 956. The molecule has 0 aliphatic heterocycles. The van der Waals surface area contributed by atoms with Crippen molar-refractivity contribution in [3.8, 4) is 0 Å². The van der Waals surface area contributed by atoms with Gasteiger partial charge in [0.25, 0.3) is 4.84 Å². The van der Waals surface area contributed by atoms with E-state index in [2.05, 4.69) is 0 Å². The smallest absolute Gasteiger partial charge is 0.337 e. The Morgan fingerprint density at radius 1 is 1.17 bits per heavy atom. The van der Waals surface area contributed by atoms with E-state index in [0.29, 0.717) is 23.1 Å². The minimum absolute atomic E-state index is 0.0741. The van der Waals surface area contributed by atoms with Gasteiger partial charge in [0, 0.05) is 6.42 Å². The normalized spacial score (nSPS) is 10.7. The molecule has 6 heteroatoms. The number of benzene rings is 2. The topological polar surface area (TPSA) is 61.4 Å². The third-order valence-corrected chi connectivity index (χ3v) is 3.99. The Kier molecular flexibility index (Phi) is 4.57. The maximum Gasteiger partial charge on any atom is 0.337 e. The van der Waals surface area contributed by atoms with Crippen LogP contribution in [0.1, 0.15) is 27.1 Å². The number of fused-ring (bicyclic) bond motifs is 1. The lowest BCUT2D eigenvalue weighted by atomic mass is 10.1. The summed E-state index contributed by atoms with van der Waals surface area (Å²) >= 11 is 5.16. The van der Waals surface area contributed by atoms with Crippen molar-refractivity contribution < 1.29 is 18.7 Å². The number of carbonyl (C=O) groups is 2. The quantitative estimate of drug-likeness (QED) is 0.530. The molecule has 0 saturated heterocycles. The van der Waals surface area contributed by atoms with E-state index in [0.717, 1.165) is 5.56 Å². The van der Waals surface area contributed by atoms with Gasteiger partial charge >= 0.3 is 5.97 Å². The van der Waals surface area contributed by atoms with Crippen molar-refractivity contribution >= 4 is 35.2 Å². The first kappa shape index (κ1) is 16.1. The van der Waals surface area contributed by atoms with Crippen LogP contribution in [0.25, 0.3) is 11.1 Å². The summed E-state index contributed by atoms with van der Waals surface area (Å²) in [7, 11) is 1.31. The SMILES string of the molecule is COC(=O)c1ccc2oc(=S)n(C(=O)CCc3ccccc3)c2c1. The third-order valence-electron chi connectivity index (χ3n) is 3.72. The van der Waals surface area contributed by atoms with Crippen molar-refractivity contribution in [3.63, 3.8) is 0 Å². The van der Waals surface area contributed by atoms with Crippen LogP contribution in [-0.4, -0.2) is 23.6 Å². The zero-order chi connectivity index (χ0) is 17.1. The first-order chi connectivity index (χ1) is 11.6. The van der Waals surface area contributed by atoms with E-state index in [1.54, 1.807) is 18.2 Å². The summed E-state index contributed by atoms with van der Waals surface area (Å²) in [6.45, 7) is 0. The van der Waals surface area contributed by atoms with Gasteiger partial charge in [-0.2, -0.15) is 0 Å². The minimum atomic E-state index is -0.479. The molecule has 3 aromatic rings. The van der Waals surface area contributed by atoms with Crippen LogP contribution in [0.5, 0.6) is 0 Å². The molecule has 2 aromatic carbocycles. The van der Waals surface area contributed by atoms with E-state index in [-0.39, 0.29) is 17.2 Å². The second-order valence-electron chi connectivity index (χ2n) is 5.26. The number of aryl methyl sites for hydroxylation is 1. The van der Waals surface area contributed by atoms with Crippen LogP contribution < -0.4 is 0 Å². The number of ether oxygens (including phenoxy) is 1. The highest BCUT2D eigenvalue weighted by molar-refractivity contribution is 7.71. The van der Waals surface area contributed by atoms with Crippen LogP contribution in [0.2, 0.25) is 0 Å². The van der Waals surface area contributed by atoms with Gasteiger partial charge in [-0.25, -0.2) is 9.36 Å². The third kappa shape index (κ3) is 3.14. The van der Waals surface area contributed by atoms with E-state index in [9.17, 15) is 9.59 Å². The number of oxazole rings is 1. The monoisotopic (exact) mass is 341 g/mol. The second kappa shape index (κ2) is 6.80. The van der Waals surface area contributed by atoms with E-state index < -0.39 is 5.97 Å². The summed E-state index contributed by atoms with van der Waals surface area (Å²) < 4.78 is 11.5. The summed E-state index contributed by atoms with van der Waals surface area (Å²) in [5, 5.41) is 0. The molecule has 0 saturated carbocycles. The van der Waals surface area contributed by atoms with Crippen molar-refractivity contribution in [1.82, 2.24) is 4.57 Å². The fraction of sp³-hybridized carbons (Fsp3) is 0.167. The lowest BCUT2D eigenvalue weighted by Crippen LogP contribution is -2.12. The van der Waals surface area contributed by atoms with Crippen LogP contribution in [0.4, 0.5) is 0 Å². The summed E-state index contributed by atoms with van der Waals surface area (Å²) in [4.78, 5) is 24.3. The molecule has 3 rings (SSSR count). The van der Waals surface area contributed by atoms with E-state index >= 15 is 0 Å². The Hall–Kier alpha value is -2.73. The lowest BCUT2D eigenvalue weighted by molar-refractivity contribution is 0.0600. The van der Waals surface area contributed by atoms with Crippen LogP contribution in [0.3, 0.4) is 0 Å². The van der Waals surface area contributed by atoms with E-state index in [1.807, 2.05) is 30.3 Å². The van der Waals surface area contributed by atoms with Crippen molar-refractivity contribution in [1.29, 1.82) is 0 Å². The van der Waals surface area contributed by atoms with Crippen molar-refractivity contribution in [2.75, 3.05) is 7.11 Å². The molecule has 0 aliphatic carbocycles. The van der Waals surface area contributed by atoms with Gasteiger partial charge in [0.1, 0.15) is 0 Å². The fourth-order valence-corrected chi connectivity index (χ4v) is 2.80. The highest BCUT2D eigenvalue weighted by Crippen LogP contribution is 2.20. The zero-order valence-electron chi connectivity index (χ0n) is 13.0. The number of hydrogen-bond donors (Lipinski definition) is 0. The molecular formula is C18H15NO4S. The summed E-state index contributed by atoms with van der Waals surface area (Å²) in [5.74, 6) is -0.656. The van der Waals surface area contributed by atoms with Gasteiger partial charge in [-0.3, -0.25) is 4.79 Å². The molecule has 0 radical (unpaired) electrons. The maximum absolute atomic E-state index is 12.6. The predicted molar refractivity (Wildman–Crippen MR) is 91.8 cm³/mol. The van der Waals surface area contributed by atoms with E-state index in [4.69, 9.17) is 21.4 Å². The van der Waals surface area contributed by atoms with Gasteiger partial charge in [0.05, 0.1) is 18.2 Å². The second-order valence-corrected chi connectivity index (χ2v) is 5.61. The standard InChI is InChI=1S/C18H15NO4S/c1-22-17(21)13-8-9-15-14(11-13)19(18(24)23-15)16(20)10-7-12-5-3-2-4-6-12/h2-6,8-9,11H,7,10H2,1H3. The molecular weight excluding hydrogens is 326 g/mol. The Labute approximate surface area is 143 Å². The van der Waals surface area contributed by atoms with Gasteiger partial charge in [0.15, 0.2) is 5.58 Å². The highest BCUT2D eigenvalue weighted by Gasteiger charge is 2.16. The molecule has 122 valence electrons.